The predicted molar refractivity (Wildman–Crippen MR) is 86.1 cm³/mol. The minimum absolute atomic E-state index is 0.198. The van der Waals surface area contributed by atoms with Crippen molar-refractivity contribution in [2.75, 3.05) is 0 Å². The number of alkyl halides is 1. The molecule has 0 aliphatic rings. The van der Waals surface area contributed by atoms with Gasteiger partial charge in [-0.25, -0.2) is 8.78 Å². The first kappa shape index (κ1) is 14.5. The number of benzene rings is 3. The van der Waals surface area contributed by atoms with Crippen molar-refractivity contribution >= 4 is 38.3 Å². The first-order chi connectivity index (χ1) is 10.1. The van der Waals surface area contributed by atoms with Gasteiger partial charge in [0.15, 0.2) is 11.6 Å². The molecule has 1 atom stereocenters. The monoisotopic (exact) mass is 366 g/mol. The molecule has 3 rings (SSSR count). The van der Waals surface area contributed by atoms with Crippen LogP contribution in [0.2, 0.25) is 5.02 Å². The van der Waals surface area contributed by atoms with E-state index >= 15 is 0 Å². The Balaban J connectivity index is 2.17. The second-order valence-electron chi connectivity index (χ2n) is 4.72. The van der Waals surface area contributed by atoms with Crippen LogP contribution in [-0.2, 0) is 0 Å². The van der Waals surface area contributed by atoms with E-state index in [0.717, 1.165) is 28.5 Å². The van der Waals surface area contributed by atoms with E-state index < -0.39 is 11.6 Å². The molecule has 0 fully saturated rings. The molecule has 0 amide bonds. The molecule has 0 spiro atoms. The van der Waals surface area contributed by atoms with Crippen LogP contribution in [0.5, 0.6) is 0 Å². The Morgan fingerprint density at radius 1 is 0.857 bits per heavy atom. The van der Waals surface area contributed by atoms with Gasteiger partial charge in [-0.15, -0.1) is 0 Å². The Kier molecular flexibility index (Phi) is 3.96. The Morgan fingerprint density at radius 3 is 2.33 bits per heavy atom. The maximum Gasteiger partial charge on any atom is 0.160 e. The summed E-state index contributed by atoms with van der Waals surface area (Å²) in [7, 11) is 0. The van der Waals surface area contributed by atoms with Crippen LogP contribution in [0.4, 0.5) is 8.78 Å². The van der Waals surface area contributed by atoms with Crippen molar-refractivity contribution in [3.63, 3.8) is 0 Å². The van der Waals surface area contributed by atoms with Crippen LogP contribution in [-0.4, -0.2) is 0 Å². The van der Waals surface area contributed by atoms with E-state index in [-0.39, 0.29) is 9.85 Å². The lowest BCUT2D eigenvalue weighted by atomic mass is 9.98. The zero-order valence-corrected chi connectivity index (χ0v) is 13.1. The zero-order valence-electron chi connectivity index (χ0n) is 10.8. The van der Waals surface area contributed by atoms with Crippen molar-refractivity contribution in [2.24, 2.45) is 0 Å². The Bertz CT molecular complexity index is 812. The van der Waals surface area contributed by atoms with E-state index in [1.165, 1.54) is 0 Å². The Labute approximate surface area is 134 Å². The largest absolute Gasteiger partial charge is 0.204 e. The molecule has 0 saturated heterocycles. The molecule has 0 bridgehead atoms. The third-order valence-corrected chi connectivity index (χ3v) is 4.72. The molecule has 0 aromatic heterocycles. The number of rotatable bonds is 2. The first-order valence-electron chi connectivity index (χ1n) is 6.34. The van der Waals surface area contributed by atoms with Crippen LogP contribution in [0.25, 0.3) is 10.8 Å². The molecule has 0 saturated carbocycles. The van der Waals surface area contributed by atoms with Gasteiger partial charge in [-0.2, -0.15) is 0 Å². The van der Waals surface area contributed by atoms with Gasteiger partial charge in [0.05, 0.1) is 4.83 Å². The summed E-state index contributed by atoms with van der Waals surface area (Å²) in [5, 5.41) is 2.32. The number of hydrogen-bond donors (Lipinski definition) is 0. The molecule has 0 aliphatic carbocycles. The molecule has 0 heterocycles. The molecular formula is C17H10BrClF2. The minimum atomic E-state index is -0.943. The van der Waals surface area contributed by atoms with Crippen molar-refractivity contribution in [3.05, 3.63) is 82.4 Å². The fraction of sp³-hybridized carbons (Fsp3) is 0.0588. The van der Waals surface area contributed by atoms with E-state index in [1.54, 1.807) is 0 Å². The van der Waals surface area contributed by atoms with Gasteiger partial charge < -0.3 is 0 Å². The van der Waals surface area contributed by atoms with Crippen LogP contribution in [0.3, 0.4) is 0 Å². The van der Waals surface area contributed by atoms with E-state index in [9.17, 15) is 8.78 Å². The predicted octanol–water partition coefficient (Wildman–Crippen LogP) is 6.26. The summed E-state index contributed by atoms with van der Waals surface area (Å²) >= 11 is 9.61. The maximum absolute atomic E-state index is 13.5. The van der Waals surface area contributed by atoms with Crippen molar-refractivity contribution in [2.45, 2.75) is 4.83 Å². The van der Waals surface area contributed by atoms with E-state index in [0.29, 0.717) is 5.56 Å². The van der Waals surface area contributed by atoms with E-state index in [4.69, 9.17) is 11.6 Å². The zero-order chi connectivity index (χ0) is 15.0. The second-order valence-corrected chi connectivity index (χ2v) is 6.04. The molecular weight excluding hydrogens is 358 g/mol. The summed E-state index contributed by atoms with van der Waals surface area (Å²) in [6, 6.07) is 15.9. The SMILES string of the molecule is Fc1cc(Cl)c(C(Br)c2cccc3ccccc23)cc1F. The van der Waals surface area contributed by atoms with Gasteiger partial charge in [-0.1, -0.05) is 70.0 Å². The van der Waals surface area contributed by atoms with Gasteiger partial charge in [-0.05, 0) is 34.0 Å². The molecule has 21 heavy (non-hydrogen) atoms. The molecule has 4 heteroatoms. The molecule has 3 aromatic carbocycles. The average molecular weight is 368 g/mol. The smallest absolute Gasteiger partial charge is 0.160 e. The Hall–Kier alpha value is -1.45. The summed E-state index contributed by atoms with van der Waals surface area (Å²) in [5.41, 5.74) is 1.47. The lowest BCUT2D eigenvalue weighted by molar-refractivity contribution is 0.507. The van der Waals surface area contributed by atoms with Crippen molar-refractivity contribution in [3.8, 4) is 0 Å². The molecule has 1 unspecified atom stereocenters. The van der Waals surface area contributed by atoms with Crippen LogP contribution >= 0.6 is 27.5 Å². The van der Waals surface area contributed by atoms with Crippen LogP contribution in [0, 0.1) is 11.6 Å². The highest BCUT2D eigenvalue weighted by Crippen LogP contribution is 2.39. The first-order valence-corrected chi connectivity index (χ1v) is 7.63. The molecule has 3 aromatic rings. The quantitative estimate of drug-likeness (QED) is 0.371. The molecule has 106 valence electrons. The standard InChI is InChI=1S/C17H10BrClF2/c18-17(13-8-15(20)16(21)9-14(13)19)12-7-3-5-10-4-1-2-6-11(10)12/h1-9,17H. The molecule has 0 N–H and O–H groups in total. The lowest BCUT2D eigenvalue weighted by Crippen LogP contribution is -1.98. The lowest BCUT2D eigenvalue weighted by Gasteiger charge is -2.15. The van der Waals surface area contributed by atoms with Gasteiger partial charge >= 0.3 is 0 Å². The highest BCUT2D eigenvalue weighted by atomic mass is 79.9. The highest BCUT2D eigenvalue weighted by molar-refractivity contribution is 9.09. The van der Waals surface area contributed by atoms with Crippen molar-refractivity contribution in [1.29, 1.82) is 0 Å². The third kappa shape index (κ3) is 2.68. The number of hydrogen-bond acceptors (Lipinski definition) is 0. The second kappa shape index (κ2) is 5.74. The fourth-order valence-corrected chi connectivity index (χ4v) is 3.54. The summed E-state index contributed by atoms with van der Waals surface area (Å²) in [4.78, 5) is -0.314. The normalized spacial score (nSPS) is 12.6. The maximum atomic E-state index is 13.5. The highest BCUT2D eigenvalue weighted by Gasteiger charge is 2.18. The number of fused-ring (bicyclic) bond motifs is 1. The number of halogens is 4. The van der Waals surface area contributed by atoms with Crippen LogP contribution in [0.1, 0.15) is 16.0 Å². The molecule has 0 nitrogen and oxygen atoms in total. The van der Waals surface area contributed by atoms with Gasteiger partial charge in [0.25, 0.3) is 0 Å². The van der Waals surface area contributed by atoms with Crippen molar-refractivity contribution in [1.82, 2.24) is 0 Å². The van der Waals surface area contributed by atoms with Crippen LogP contribution < -0.4 is 0 Å². The molecule has 0 radical (unpaired) electrons. The van der Waals surface area contributed by atoms with Crippen molar-refractivity contribution < 1.29 is 8.78 Å². The summed E-state index contributed by atoms with van der Waals surface area (Å²) in [6.07, 6.45) is 0. The van der Waals surface area contributed by atoms with Gasteiger partial charge in [0, 0.05) is 5.02 Å². The fourth-order valence-electron chi connectivity index (χ4n) is 2.37. The van der Waals surface area contributed by atoms with Crippen LogP contribution in [0.15, 0.2) is 54.6 Å². The summed E-state index contributed by atoms with van der Waals surface area (Å²) < 4.78 is 26.7. The minimum Gasteiger partial charge on any atom is -0.204 e. The molecule has 0 aliphatic heterocycles. The van der Waals surface area contributed by atoms with E-state index in [2.05, 4.69) is 15.9 Å². The summed E-state index contributed by atoms with van der Waals surface area (Å²) in [5.74, 6) is -1.85. The third-order valence-electron chi connectivity index (χ3n) is 3.41. The average Bonchev–Trinajstić information content (AvgIpc) is 2.49. The van der Waals surface area contributed by atoms with Gasteiger partial charge in [0.1, 0.15) is 0 Å². The van der Waals surface area contributed by atoms with Gasteiger partial charge in [-0.3, -0.25) is 0 Å². The topological polar surface area (TPSA) is 0 Å². The van der Waals surface area contributed by atoms with E-state index in [1.807, 2.05) is 42.5 Å². The van der Waals surface area contributed by atoms with Gasteiger partial charge in [0.2, 0.25) is 0 Å². The Morgan fingerprint density at radius 2 is 1.52 bits per heavy atom. The summed E-state index contributed by atoms with van der Waals surface area (Å²) in [6.45, 7) is 0.